The molecule has 3 amide bonds. The molecule has 0 aliphatic carbocycles. The van der Waals surface area contributed by atoms with Crippen LogP contribution in [0.15, 0.2) is 24.3 Å². The first-order valence-corrected chi connectivity index (χ1v) is 5.78. The molecule has 0 saturated carbocycles. The molecule has 1 aromatic carbocycles. The lowest BCUT2D eigenvalue weighted by Gasteiger charge is -2.19. The van der Waals surface area contributed by atoms with E-state index in [1.165, 1.54) is 33.2 Å². The minimum absolute atomic E-state index is 0.378. The molecule has 0 bridgehead atoms. The van der Waals surface area contributed by atoms with Crippen molar-refractivity contribution < 1.29 is 24.2 Å². The second-order valence-corrected chi connectivity index (χ2v) is 4.07. The summed E-state index contributed by atoms with van der Waals surface area (Å²) in [6.45, 7) is 1.21. The quantitative estimate of drug-likeness (QED) is 0.858. The van der Waals surface area contributed by atoms with Crippen molar-refractivity contribution in [2.75, 3.05) is 14.2 Å². The number of nitrogens with zero attached hydrogens (tertiary/aromatic N) is 1. The third-order valence-corrected chi connectivity index (χ3v) is 2.74. The molecule has 0 saturated heterocycles. The van der Waals surface area contributed by atoms with Gasteiger partial charge in [0.15, 0.2) is 6.04 Å². The standard InChI is InChI=1S/C13H16N2O5/c1-8(16)15(2)13(19)14-11(12(17)18)9-4-6-10(20-3)7-5-9/h4-7,11H,1-3H3,(H,14,19)(H,17,18). The van der Waals surface area contributed by atoms with Gasteiger partial charge in [0.05, 0.1) is 7.11 Å². The molecule has 1 atom stereocenters. The minimum atomic E-state index is -1.24. The Bertz CT molecular complexity index is 512. The summed E-state index contributed by atoms with van der Waals surface area (Å²) in [7, 11) is 2.76. The highest BCUT2D eigenvalue weighted by atomic mass is 16.5. The Balaban J connectivity index is 2.91. The van der Waals surface area contributed by atoms with Crippen LogP contribution in [0.2, 0.25) is 0 Å². The Morgan fingerprint density at radius 2 is 1.80 bits per heavy atom. The number of carbonyl (C=O) groups excluding carboxylic acids is 2. The third kappa shape index (κ3) is 3.71. The van der Waals surface area contributed by atoms with Crippen LogP contribution in [0.5, 0.6) is 5.75 Å². The van der Waals surface area contributed by atoms with Gasteiger partial charge in [-0.2, -0.15) is 0 Å². The van der Waals surface area contributed by atoms with Gasteiger partial charge in [-0.25, -0.2) is 9.59 Å². The fourth-order valence-corrected chi connectivity index (χ4v) is 1.45. The summed E-state index contributed by atoms with van der Waals surface area (Å²) in [5, 5.41) is 11.5. The molecule has 20 heavy (non-hydrogen) atoms. The van der Waals surface area contributed by atoms with Crippen molar-refractivity contribution in [2.45, 2.75) is 13.0 Å². The molecule has 1 rings (SSSR count). The van der Waals surface area contributed by atoms with E-state index in [1.807, 2.05) is 0 Å². The van der Waals surface area contributed by atoms with Crippen molar-refractivity contribution in [1.29, 1.82) is 0 Å². The van der Waals surface area contributed by atoms with Crippen LogP contribution in [0.25, 0.3) is 0 Å². The number of rotatable bonds is 4. The van der Waals surface area contributed by atoms with Crippen LogP contribution in [0.1, 0.15) is 18.5 Å². The van der Waals surface area contributed by atoms with E-state index in [0.29, 0.717) is 11.3 Å². The zero-order chi connectivity index (χ0) is 15.3. The molecular formula is C13H16N2O5. The number of carboxylic acids is 1. The zero-order valence-corrected chi connectivity index (χ0v) is 11.4. The van der Waals surface area contributed by atoms with E-state index < -0.39 is 23.9 Å². The maximum Gasteiger partial charge on any atom is 0.330 e. The molecule has 1 aromatic rings. The number of benzene rings is 1. The van der Waals surface area contributed by atoms with E-state index >= 15 is 0 Å². The fourth-order valence-electron chi connectivity index (χ4n) is 1.45. The highest BCUT2D eigenvalue weighted by molar-refractivity contribution is 5.94. The molecule has 0 aliphatic heterocycles. The van der Waals surface area contributed by atoms with Crippen LogP contribution in [0.3, 0.4) is 0 Å². The molecule has 1 unspecified atom stereocenters. The molecule has 7 nitrogen and oxygen atoms in total. The number of carbonyl (C=O) groups is 3. The van der Waals surface area contributed by atoms with Gasteiger partial charge in [-0.15, -0.1) is 0 Å². The van der Waals surface area contributed by atoms with Gasteiger partial charge >= 0.3 is 12.0 Å². The maximum atomic E-state index is 11.7. The summed E-state index contributed by atoms with van der Waals surface area (Å²) in [6, 6.07) is 4.23. The highest BCUT2D eigenvalue weighted by Gasteiger charge is 2.24. The van der Waals surface area contributed by atoms with E-state index in [1.54, 1.807) is 12.1 Å². The van der Waals surface area contributed by atoms with Gasteiger partial charge in [-0.1, -0.05) is 12.1 Å². The van der Waals surface area contributed by atoms with Gasteiger partial charge in [0.1, 0.15) is 5.75 Å². The van der Waals surface area contributed by atoms with Crippen molar-refractivity contribution in [3.8, 4) is 5.75 Å². The van der Waals surface area contributed by atoms with E-state index in [0.717, 1.165) is 4.90 Å². The van der Waals surface area contributed by atoms with E-state index in [9.17, 15) is 19.5 Å². The number of hydrogen-bond acceptors (Lipinski definition) is 4. The Kier molecular flexibility index (Phi) is 5.08. The normalized spacial score (nSPS) is 11.3. The molecule has 0 aliphatic rings. The van der Waals surface area contributed by atoms with E-state index in [-0.39, 0.29) is 0 Å². The fraction of sp³-hybridized carbons (Fsp3) is 0.308. The molecule has 108 valence electrons. The lowest BCUT2D eigenvalue weighted by Crippen LogP contribution is -2.43. The lowest BCUT2D eigenvalue weighted by atomic mass is 10.1. The van der Waals surface area contributed by atoms with Gasteiger partial charge in [-0.3, -0.25) is 9.69 Å². The predicted octanol–water partition coefficient (Wildman–Crippen LogP) is 1.01. The largest absolute Gasteiger partial charge is 0.497 e. The SMILES string of the molecule is COc1ccc(C(NC(=O)N(C)C(C)=O)C(=O)O)cc1. The number of hydrogen-bond donors (Lipinski definition) is 2. The summed E-state index contributed by atoms with van der Waals surface area (Å²) in [5.74, 6) is -1.13. The lowest BCUT2D eigenvalue weighted by molar-refractivity contribution is -0.139. The molecule has 2 N–H and O–H groups in total. The van der Waals surface area contributed by atoms with Crippen LogP contribution in [0, 0.1) is 0 Å². The smallest absolute Gasteiger partial charge is 0.330 e. The maximum absolute atomic E-state index is 11.7. The summed E-state index contributed by atoms with van der Waals surface area (Å²) in [5.41, 5.74) is 0.378. The Labute approximate surface area is 116 Å². The van der Waals surface area contributed by atoms with Gasteiger partial charge in [0, 0.05) is 14.0 Å². The van der Waals surface area contributed by atoms with Crippen LogP contribution in [-0.2, 0) is 9.59 Å². The Morgan fingerprint density at radius 1 is 1.25 bits per heavy atom. The third-order valence-electron chi connectivity index (χ3n) is 2.74. The summed E-state index contributed by atoms with van der Waals surface area (Å²) in [4.78, 5) is 34.8. The van der Waals surface area contributed by atoms with Crippen LogP contribution in [0.4, 0.5) is 4.79 Å². The number of carboxylic acid groups (broad SMARTS) is 1. The monoisotopic (exact) mass is 280 g/mol. The number of aliphatic carboxylic acids is 1. The number of imide groups is 1. The predicted molar refractivity (Wildman–Crippen MR) is 70.3 cm³/mol. The second kappa shape index (κ2) is 6.55. The first-order chi connectivity index (χ1) is 9.36. The van der Waals surface area contributed by atoms with E-state index in [2.05, 4.69) is 5.32 Å². The first kappa shape index (κ1) is 15.5. The van der Waals surface area contributed by atoms with E-state index in [4.69, 9.17) is 4.74 Å². The van der Waals surface area contributed by atoms with Gasteiger partial charge in [-0.05, 0) is 17.7 Å². The molecule has 0 spiro atoms. The molecular weight excluding hydrogens is 264 g/mol. The molecule has 0 aromatic heterocycles. The number of nitrogens with one attached hydrogen (secondary N) is 1. The summed E-state index contributed by atoms with van der Waals surface area (Å²) < 4.78 is 4.97. The molecule has 7 heteroatoms. The van der Waals surface area contributed by atoms with Crippen molar-refractivity contribution in [3.05, 3.63) is 29.8 Å². The van der Waals surface area contributed by atoms with Crippen LogP contribution >= 0.6 is 0 Å². The summed E-state index contributed by atoms with van der Waals surface area (Å²) >= 11 is 0. The van der Waals surface area contributed by atoms with Crippen molar-refractivity contribution in [2.24, 2.45) is 0 Å². The highest BCUT2D eigenvalue weighted by Crippen LogP contribution is 2.18. The number of methoxy groups -OCH3 is 1. The van der Waals surface area contributed by atoms with Crippen molar-refractivity contribution in [1.82, 2.24) is 10.2 Å². The van der Waals surface area contributed by atoms with Gasteiger partial charge in [0.25, 0.3) is 0 Å². The van der Waals surface area contributed by atoms with Crippen molar-refractivity contribution in [3.63, 3.8) is 0 Å². The number of ether oxygens (including phenoxy) is 1. The second-order valence-electron chi connectivity index (χ2n) is 4.07. The zero-order valence-electron chi connectivity index (χ0n) is 11.4. The van der Waals surface area contributed by atoms with Gasteiger partial charge < -0.3 is 15.2 Å². The molecule has 0 radical (unpaired) electrons. The Morgan fingerprint density at radius 3 is 2.20 bits per heavy atom. The Hall–Kier alpha value is -2.57. The number of urea groups is 1. The minimum Gasteiger partial charge on any atom is -0.497 e. The molecule has 0 fully saturated rings. The van der Waals surface area contributed by atoms with Gasteiger partial charge in [0.2, 0.25) is 5.91 Å². The number of amides is 3. The van der Waals surface area contributed by atoms with Crippen molar-refractivity contribution >= 4 is 17.9 Å². The average molecular weight is 280 g/mol. The van der Waals surface area contributed by atoms with Crippen LogP contribution in [-0.4, -0.2) is 42.1 Å². The first-order valence-electron chi connectivity index (χ1n) is 5.78. The topological polar surface area (TPSA) is 95.9 Å². The average Bonchev–Trinajstić information content (AvgIpc) is 2.43. The van der Waals surface area contributed by atoms with Crippen LogP contribution < -0.4 is 10.1 Å². The summed E-state index contributed by atoms with van der Waals surface area (Å²) in [6.07, 6.45) is 0. The molecule has 0 heterocycles.